The summed E-state index contributed by atoms with van der Waals surface area (Å²) < 4.78 is 14.3. The minimum absolute atomic E-state index is 0.145. The van der Waals surface area contributed by atoms with Gasteiger partial charge in [0.15, 0.2) is 0 Å². The summed E-state index contributed by atoms with van der Waals surface area (Å²) in [5.74, 6) is -1.35. The smallest absolute Gasteiger partial charge is 0.274 e. The number of rotatable bonds is 4. The first-order valence-corrected chi connectivity index (χ1v) is 12.5. The number of hydrogen-bond acceptors (Lipinski definition) is 5. The maximum atomic E-state index is 14.3. The highest BCUT2D eigenvalue weighted by Gasteiger charge is 2.67. The van der Waals surface area contributed by atoms with Crippen molar-refractivity contribution in [2.45, 2.75) is 23.4 Å². The predicted molar refractivity (Wildman–Crippen MR) is 144 cm³/mol. The molecule has 0 spiro atoms. The first-order chi connectivity index (χ1) is 18.8. The third-order valence-corrected chi connectivity index (χ3v) is 8.20. The van der Waals surface area contributed by atoms with Crippen LogP contribution in [0.25, 0.3) is 22.0 Å². The van der Waals surface area contributed by atoms with Crippen LogP contribution in [-0.4, -0.2) is 26.3 Å². The molecule has 4 N–H and O–H groups in total. The number of nitrogens with zero attached hydrogens (tertiary/aromatic N) is 2. The normalized spacial score (nSPS) is 22.8. The van der Waals surface area contributed by atoms with Gasteiger partial charge in [-0.05, 0) is 28.6 Å². The van der Waals surface area contributed by atoms with Crippen LogP contribution in [0.4, 0.5) is 10.3 Å². The van der Waals surface area contributed by atoms with E-state index in [1.54, 1.807) is 60.8 Å². The Labute approximate surface area is 221 Å². The van der Waals surface area contributed by atoms with Crippen LogP contribution >= 0.6 is 0 Å². The van der Waals surface area contributed by atoms with Gasteiger partial charge in [-0.3, -0.25) is 20.2 Å². The zero-order valence-corrected chi connectivity index (χ0v) is 20.5. The second-order valence-corrected chi connectivity index (χ2v) is 10.2. The van der Waals surface area contributed by atoms with Gasteiger partial charge in [-0.25, -0.2) is 9.37 Å². The summed E-state index contributed by atoms with van der Waals surface area (Å²) in [5, 5.41) is 16.7. The number of imidazole rings is 1. The summed E-state index contributed by atoms with van der Waals surface area (Å²) in [6.45, 7) is 0. The van der Waals surface area contributed by atoms with Crippen molar-refractivity contribution < 1.29 is 14.1 Å². The zero-order valence-electron chi connectivity index (χ0n) is 20.5. The fourth-order valence-corrected chi connectivity index (χ4v) is 6.55. The molecular weight excluding hydrogens is 497 g/mol. The molecular formula is C30H22FN5O3. The van der Waals surface area contributed by atoms with Gasteiger partial charge in [0.1, 0.15) is 11.4 Å². The van der Waals surface area contributed by atoms with Crippen molar-refractivity contribution in [2.75, 3.05) is 5.32 Å². The average Bonchev–Trinajstić information content (AvgIpc) is 3.41. The number of nitrogens with one attached hydrogen (secondary N) is 2. The third-order valence-electron chi connectivity index (χ3n) is 8.20. The lowest BCUT2D eigenvalue weighted by Crippen LogP contribution is -2.66. The Morgan fingerprint density at radius 1 is 0.974 bits per heavy atom. The summed E-state index contributed by atoms with van der Waals surface area (Å²) in [6.07, 6.45) is 1.35. The number of H-pyrrole nitrogens is 1. The number of nitrogens with two attached hydrogens (primary N) is 1. The van der Waals surface area contributed by atoms with E-state index in [0.717, 1.165) is 0 Å². The molecule has 39 heavy (non-hydrogen) atoms. The van der Waals surface area contributed by atoms with Gasteiger partial charge in [0, 0.05) is 32.9 Å². The molecule has 8 nitrogen and oxygen atoms in total. The summed E-state index contributed by atoms with van der Waals surface area (Å²) >= 11 is 0. The van der Waals surface area contributed by atoms with Crippen molar-refractivity contribution in [3.8, 4) is 11.3 Å². The van der Waals surface area contributed by atoms with Gasteiger partial charge in [-0.2, -0.15) is 0 Å². The Hall–Kier alpha value is -4.89. The van der Waals surface area contributed by atoms with E-state index in [1.165, 1.54) is 6.07 Å². The van der Waals surface area contributed by atoms with Gasteiger partial charge in [-0.1, -0.05) is 72.8 Å². The Balaban J connectivity index is 1.29. The highest BCUT2D eigenvalue weighted by atomic mass is 19.1. The Morgan fingerprint density at radius 2 is 1.59 bits per heavy atom. The molecule has 1 aromatic heterocycles. The van der Waals surface area contributed by atoms with Gasteiger partial charge in [-0.15, -0.1) is 0 Å². The molecule has 1 unspecified atom stereocenters. The Kier molecular flexibility index (Phi) is 4.80. The van der Waals surface area contributed by atoms with E-state index in [0.29, 0.717) is 44.3 Å². The van der Waals surface area contributed by atoms with Crippen molar-refractivity contribution in [3.05, 3.63) is 129 Å². The lowest BCUT2D eigenvalue weighted by molar-refractivity contribution is -0.571. The fraction of sp³-hybridized carbons (Fsp3) is 0.133. The number of aromatic amines is 1. The summed E-state index contributed by atoms with van der Waals surface area (Å²) in [4.78, 5) is 33.8. The third kappa shape index (κ3) is 3.07. The first kappa shape index (κ1) is 23.2. The van der Waals surface area contributed by atoms with Crippen molar-refractivity contribution in [1.29, 1.82) is 0 Å². The van der Waals surface area contributed by atoms with Crippen LogP contribution in [0.2, 0.25) is 0 Å². The molecule has 0 saturated carbocycles. The van der Waals surface area contributed by atoms with E-state index in [2.05, 4.69) is 15.3 Å². The quantitative estimate of drug-likeness (QED) is 0.226. The summed E-state index contributed by atoms with van der Waals surface area (Å²) in [6, 6.07) is 24.4. The van der Waals surface area contributed by atoms with Crippen LogP contribution in [0, 0.1) is 15.9 Å². The average molecular weight is 520 g/mol. The number of amides is 1. The topological polar surface area (TPSA) is 127 Å². The molecule has 9 heteroatoms. The van der Waals surface area contributed by atoms with E-state index < -0.39 is 22.9 Å². The minimum Gasteiger partial charge on any atom is -0.324 e. The van der Waals surface area contributed by atoms with E-state index in [1.807, 2.05) is 24.3 Å². The molecule has 192 valence electrons. The van der Waals surface area contributed by atoms with Crippen LogP contribution in [0.3, 0.4) is 0 Å². The number of hydrogen-bond donors (Lipinski definition) is 3. The number of carbonyl (C=O) groups excluding carboxylic acids is 1. The number of anilines is 1. The van der Waals surface area contributed by atoms with E-state index in [-0.39, 0.29) is 23.1 Å². The lowest BCUT2D eigenvalue weighted by Gasteiger charge is -2.51. The number of carbonyl (C=O) groups is 1. The standard InChI is InChI=1S/C30H22FN5O3/c31-24-14-13-19(17-7-1-2-8-18(17)24)25-15-33-28(34-25)35-27(37)29(32)16-30(36(38)39)22-11-5-3-9-20(22)26(29)21-10-4-6-12-23(21)30/h1-15,26H,16,32H2,(H2,33,34,35,37). The minimum atomic E-state index is -1.66. The SMILES string of the molecule is NC1(C(=O)Nc2ncc(-c3ccc(F)c4ccccc34)[nH]2)CC2([N+](=O)[O-])c3ccccc3C1c1ccccc12. The molecule has 0 aliphatic heterocycles. The van der Waals surface area contributed by atoms with Crippen LogP contribution in [-0.2, 0) is 10.3 Å². The van der Waals surface area contributed by atoms with Crippen LogP contribution in [0.5, 0.6) is 0 Å². The molecule has 0 fully saturated rings. The van der Waals surface area contributed by atoms with Crippen LogP contribution in [0.1, 0.15) is 34.6 Å². The molecule has 5 aromatic rings. The second-order valence-electron chi connectivity index (χ2n) is 10.2. The van der Waals surface area contributed by atoms with Gasteiger partial charge in [0.25, 0.3) is 5.54 Å². The highest BCUT2D eigenvalue weighted by molar-refractivity contribution is 6.00. The second kappa shape index (κ2) is 8.05. The monoisotopic (exact) mass is 519 g/mol. The lowest BCUT2D eigenvalue weighted by atomic mass is 9.52. The number of benzene rings is 4. The van der Waals surface area contributed by atoms with Gasteiger partial charge in [0.2, 0.25) is 11.9 Å². The highest BCUT2D eigenvalue weighted by Crippen LogP contribution is 2.59. The van der Waals surface area contributed by atoms with Crippen LogP contribution in [0.15, 0.2) is 91.1 Å². The first-order valence-electron chi connectivity index (χ1n) is 12.5. The maximum Gasteiger partial charge on any atom is 0.274 e. The molecule has 0 radical (unpaired) electrons. The van der Waals surface area contributed by atoms with Crippen LogP contribution < -0.4 is 11.1 Å². The molecule has 3 aliphatic rings. The van der Waals surface area contributed by atoms with Crippen molar-refractivity contribution in [2.24, 2.45) is 5.73 Å². The summed E-state index contributed by atoms with van der Waals surface area (Å²) in [5.41, 5.74) is 7.40. The van der Waals surface area contributed by atoms with E-state index in [4.69, 9.17) is 5.73 Å². The number of halogens is 1. The molecule has 3 aliphatic carbocycles. The van der Waals surface area contributed by atoms with E-state index >= 15 is 0 Å². The number of nitro groups is 1. The molecule has 8 rings (SSSR count). The fourth-order valence-electron chi connectivity index (χ4n) is 6.55. The molecule has 1 atom stereocenters. The predicted octanol–water partition coefficient (Wildman–Crippen LogP) is 5.07. The summed E-state index contributed by atoms with van der Waals surface area (Å²) in [7, 11) is 0. The Bertz CT molecular complexity index is 1790. The van der Waals surface area contributed by atoms with Crippen molar-refractivity contribution in [1.82, 2.24) is 9.97 Å². The zero-order chi connectivity index (χ0) is 26.9. The molecule has 1 amide bonds. The van der Waals surface area contributed by atoms with Gasteiger partial charge >= 0.3 is 0 Å². The Morgan fingerprint density at radius 3 is 2.26 bits per heavy atom. The maximum absolute atomic E-state index is 14.3. The van der Waals surface area contributed by atoms with Crippen molar-refractivity contribution in [3.63, 3.8) is 0 Å². The van der Waals surface area contributed by atoms with Gasteiger partial charge in [0.05, 0.1) is 18.3 Å². The largest absolute Gasteiger partial charge is 0.324 e. The van der Waals surface area contributed by atoms with E-state index in [9.17, 15) is 19.3 Å². The number of fused-ring (bicyclic) bond motifs is 2. The molecule has 0 saturated heterocycles. The number of aromatic nitrogens is 2. The molecule has 4 aromatic carbocycles. The molecule has 2 bridgehead atoms. The van der Waals surface area contributed by atoms with Crippen molar-refractivity contribution >= 4 is 22.6 Å². The molecule has 1 heterocycles. The van der Waals surface area contributed by atoms with Gasteiger partial charge < -0.3 is 10.7 Å².